The molecule has 0 radical (unpaired) electrons. The molecule has 0 aliphatic carbocycles. The number of hydrogen-bond donors (Lipinski definition) is 1. The number of hydrogen-bond acceptors (Lipinski definition) is 3. The molecule has 0 aliphatic heterocycles. The Hall–Kier alpha value is -1.71. The fourth-order valence-corrected chi connectivity index (χ4v) is 1.80. The number of nitrogens with zero attached hydrogens (tertiary/aromatic N) is 1. The van der Waals surface area contributed by atoms with Crippen LogP contribution >= 0.6 is 0 Å². The van der Waals surface area contributed by atoms with Gasteiger partial charge in [0.2, 0.25) is 0 Å². The highest BCUT2D eigenvalue weighted by Crippen LogP contribution is 2.31. The second-order valence-corrected chi connectivity index (χ2v) is 5.09. The summed E-state index contributed by atoms with van der Waals surface area (Å²) < 4.78 is 6.74. The van der Waals surface area contributed by atoms with Crippen molar-refractivity contribution in [3.05, 3.63) is 28.2 Å². The highest BCUT2D eigenvalue weighted by Gasteiger charge is 2.21. The first kappa shape index (κ1) is 10.8. The predicted octanol–water partition coefficient (Wildman–Crippen LogP) is 2.01. The van der Waals surface area contributed by atoms with Gasteiger partial charge in [-0.25, -0.2) is 4.79 Å². The van der Waals surface area contributed by atoms with Crippen LogP contribution in [-0.2, 0) is 12.5 Å². The molecule has 0 unspecified atom stereocenters. The first-order chi connectivity index (χ1) is 7.30. The maximum absolute atomic E-state index is 11.5. The fourth-order valence-electron chi connectivity index (χ4n) is 1.80. The summed E-state index contributed by atoms with van der Waals surface area (Å²) in [5, 5.41) is 0. The average Bonchev–Trinajstić information content (AvgIpc) is 2.42. The summed E-state index contributed by atoms with van der Waals surface area (Å²) in [5.74, 6) is -0.355. The Labute approximate surface area is 93.7 Å². The van der Waals surface area contributed by atoms with E-state index < -0.39 is 0 Å². The van der Waals surface area contributed by atoms with Crippen LogP contribution in [0.5, 0.6) is 0 Å². The number of benzene rings is 1. The maximum atomic E-state index is 11.5. The van der Waals surface area contributed by atoms with E-state index >= 15 is 0 Å². The quantitative estimate of drug-likeness (QED) is 0.691. The molecule has 0 amide bonds. The molecular formula is C12H16N2O2. The molecular weight excluding hydrogens is 204 g/mol. The molecule has 0 saturated heterocycles. The van der Waals surface area contributed by atoms with Crippen LogP contribution in [0.25, 0.3) is 11.1 Å². The van der Waals surface area contributed by atoms with Crippen LogP contribution in [-0.4, -0.2) is 4.57 Å². The van der Waals surface area contributed by atoms with Crippen LogP contribution < -0.4 is 11.5 Å². The number of nitrogen functional groups attached to an aromatic ring is 1. The van der Waals surface area contributed by atoms with Crippen LogP contribution in [0, 0.1) is 0 Å². The Morgan fingerprint density at radius 2 is 1.94 bits per heavy atom. The van der Waals surface area contributed by atoms with Crippen molar-refractivity contribution in [1.82, 2.24) is 4.57 Å². The van der Waals surface area contributed by atoms with Gasteiger partial charge in [-0.3, -0.25) is 4.57 Å². The number of anilines is 1. The van der Waals surface area contributed by atoms with Crippen molar-refractivity contribution in [2.45, 2.75) is 26.2 Å². The van der Waals surface area contributed by atoms with Gasteiger partial charge in [0.25, 0.3) is 0 Å². The highest BCUT2D eigenvalue weighted by molar-refractivity contribution is 5.81. The topological polar surface area (TPSA) is 61.2 Å². The van der Waals surface area contributed by atoms with Gasteiger partial charge in [-0.1, -0.05) is 20.8 Å². The van der Waals surface area contributed by atoms with E-state index in [0.717, 1.165) is 11.1 Å². The minimum Gasteiger partial charge on any atom is -0.407 e. The van der Waals surface area contributed by atoms with E-state index in [1.54, 1.807) is 13.1 Å². The fraction of sp³-hybridized carbons (Fsp3) is 0.417. The van der Waals surface area contributed by atoms with Gasteiger partial charge in [-0.15, -0.1) is 0 Å². The predicted molar refractivity (Wildman–Crippen MR) is 64.6 cm³/mol. The van der Waals surface area contributed by atoms with Gasteiger partial charge in [0, 0.05) is 18.3 Å². The summed E-state index contributed by atoms with van der Waals surface area (Å²) in [7, 11) is 1.68. The lowest BCUT2D eigenvalue weighted by Gasteiger charge is -2.19. The number of oxazole rings is 1. The molecule has 1 aromatic heterocycles. The molecule has 4 heteroatoms. The smallest absolute Gasteiger partial charge is 0.407 e. The highest BCUT2D eigenvalue weighted by atomic mass is 16.4. The molecule has 86 valence electrons. The Kier molecular flexibility index (Phi) is 2.12. The van der Waals surface area contributed by atoms with Gasteiger partial charge in [0.1, 0.15) is 0 Å². The third kappa shape index (κ3) is 1.50. The van der Waals surface area contributed by atoms with Crippen molar-refractivity contribution in [1.29, 1.82) is 0 Å². The number of rotatable bonds is 0. The molecule has 4 nitrogen and oxygen atoms in total. The summed E-state index contributed by atoms with van der Waals surface area (Å²) in [4.78, 5) is 11.5. The molecule has 16 heavy (non-hydrogen) atoms. The van der Waals surface area contributed by atoms with Crippen molar-refractivity contribution in [2.75, 3.05) is 5.73 Å². The standard InChI is InChI=1S/C12H16N2O2/c1-12(2,3)8-5-7(13)6-9-10(8)16-11(15)14(9)4/h5-6H,13H2,1-4H3. The molecule has 0 spiro atoms. The zero-order valence-electron chi connectivity index (χ0n) is 10.00. The molecule has 2 rings (SSSR count). The second kappa shape index (κ2) is 3.14. The molecule has 0 atom stereocenters. The van der Waals surface area contributed by atoms with Crippen molar-refractivity contribution in [3.8, 4) is 0 Å². The summed E-state index contributed by atoms with van der Waals surface area (Å²) in [6.07, 6.45) is 0. The summed E-state index contributed by atoms with van der Waals surface area (Å²) in [6.45, 7) is 6.19. The summed E-state index contributed by atoms with van der Waals surface area (Å²) in [5.41, 5.74) is 8.72. The van der Waals surface area contributed by atoms with E-state index in [9.17, 15) is 4.79 Å². The van der Waals surface area contributed by atoms with Crippen molar-refractivity contribution >= 4 is 16.8 Å². The van der Waals surface area contributed by atoms with E-state index in [4.69, 9.17) is 10.2 Å². The van der Waals surface area contributed by atoms with Crippen molar-refractivity contribution in [2.24, 2.45) is 7.05 Å². The molecule has 0 fully saturated rings. The summed E-state index contributed by atoms with van der Waals surface area (Å²) >= 11 is 0. The van der Waals surface area contributed by atoms with E-state index in [1.807, 2.05) is 6.07 Å². The van der Waals surface area contributed by atoms with Gasteiger partial charge in [-0.2, -0.15) is 0 Å². The lowest BCUT2D eigenvalue weighted by Crippen LogP contribution is -2.12. The number of fused-ring (bicyclic) bond motifs is 1. The number of aromatic nitrogens is 1. The van der Waals surface area contributed by atoms with Crippen molar-refractivity contribution < 1.29 is 4.42 Å². The van der Waals surface area contributed by atoms with Gasteiger partial charge in [-0.05, 0) is 17.5 Å². The SMILES string of the molecule is Cn1c(=O)oc2c(C(C)(C)C)cc(N)cc21. The first-order valence-corrected chi connectivity index (χ1v) is 5.20. The van der Waals surface area contributed by atoms with Crippen LogP contribution in [0.2, 0.25) is 0 Å². The van der Waals surface area contributed by atoms with E-state index in [2.05, 4.69) is 20.8 Å². The molecule has 2 N–H and O–H groups in total. The molecule has 0 bridgehead atoms. The second-order valence-electron chi connectivity index (χ2n) is 5.09. The van der Waals surface area contributed by atoms with Gasteiger partial charge >= 0.3 is 5.76 Å². The lowest BCUT2D eigenvalue weighted by molar-refractivity contribution is 0.511. The van der Waals surface area contributed by atoms with E-state index in [-0.39, 0.29) is 11.2 Å². The van der Waals surface area contributed by atoms with Crippen molar-refractivity contribution in [3.63, 3.8) is 0 Å². The zero-order chi connectivity index (χ0) is 12.1. The normalized spacial score (nSPS) is 12.2. The Morgan fingerprint density at radius 3 is 2.50 bits per heavy atom. The van der Waals surface area contributed by atoms with Gasteiger partial charge in [0.15, 0.2) is 5.58 Å². The van der Waals surface area contributed by atoms with Crippen LogP contribution in [0.3, 0.4) is 0 Å². The molecule has 1 heterocycles. The largest absolute Gasteiger partial charge is 0.419 e. The minimum absolute atomic E-state index is 0.106. The molecule has 1 aromatic carbocycles. The average molecular weight is 220 g/mol. The van der Waals surface area contributed by atoms with E-state index in [0.29, 0.717) is 11.3 Å². The Morgan fingerprint density at radius 1 is 1.31 bits per heavy atom. The monoisotopic (exact) mass is 220 g/mol. The minimum atomic E-state index is -0.355. The Balaban J connectivity index is 2.95. The molecule has 0 saturated carbocycles. The number of aryl methyl sites for hydroxylation is 1. The zero-order valence-corrected chi connectivity index (χ0v) is 10.00. The van der Waals surface area contributed by atoms with E-state index in [1.165, 1.54) is 4.57 Å². The van der Waals surface area contributed by atoms with Crippen LogP contribution in [0.1, 0.15) is 26.3 Å². The van der Waals surface area contributed by atoms with Gasteiger partial charge < -0.3 is 10.2 Å². The Bertz CT molecular complexity index is 600. The third-order valence-corrected chi connectivity index (χ3v) is 2.72. The molecule has 2 aromatic rings. The third-order valence-electron chi connectivity index (χ3n) is 2.72. The van der Waals surface area contributed by atoms with Gasteiger partial charge in [0.05, 0.1) is 5.52 Å². The summed E-state index contributed by atoms with van der Waals surface area (Å²) in [6, 6.07) is 3.63. The number of nitrogens with two attached hydrogens (primary N) is 1. The van der Waals surface area contributed by atoms with Crippen LogP contribution in [0.15, 0.2) is 21.3 Å². The molecule has 0 aliphatic rings. The maximum Gasteiger partial charge on any atom is 0.419 e. The first-order valence-electron chi connectivity index (χ1n) is 5.20. The lowest BCUT2D eigenvalue weighted by atomic mass is 9.86. The van der Waals surface area contributed by atoms with Crippen LogP contribution in [0.4, 0.5) is 5.69 Å².